The molecule has 0 aliphatic rings. The lowest BCUT2D eigenvalue weighted by Gasteiger charge is -2.10. The van der Waals surface area contributed by atoms with Crippen molar-refractivity contribution in [2.75, 3.05) is 11.9 Å². The Hall–Kier alpha value is -1.32. The van der Waals surface area contributed by atoms with Gasteiger partial charge in [0.1, 0.15) is 0 Å². The maximum Gasteiger partial charge on any atom is 0.0420 e. The Balaban J connectivity index is 1.79. The van der Waals surface area contributed by atoms with Crippen LogP contribution in [0, 0.1) is 0 Å². The van der Waals surface area contributed by atoms with Crippen LogP contribution >= 0.6 is 27.3 Å². The molecule has 19 heavy (non-hydrogen) atoms. The molecule has 0 spiro atoms. The highest BCUT2D eigenvalue weighted by Crippen LogP contribution is 2.29. The van der Waals surface area contributed by atoms with Gasteiger partial charge < -0.3 is 5.32 Å². The van der Waals surface area contributed by atoms with Crippen molar-refractivity contribution in [3.63, 3.8) is 0 Å². The fourth-order valence-corrected chi connectivity index (χ4v) is 3.38. The van der Waals surface area contributed by atoms with E-state index in [1.165, 1.54) is 21.3 Å². The van der Waals surface area contributed by atoms with Gasteiger partial charge >= 0.3 is 0 Å². The second kappa shape index (κ2) is 5.76. The van der Waals surface area contributed by atoms with E-state index in [4.69, 9.17) is 0 Å². The van der Waals surface area contributed by atoms with E-state index in [1.54, 1.807) is 0 Å². The van der Waals surface area contributed by atoms with Crippen molar-refractivity contribution in [3.8, 4) is 0 Å². The Morgan fingerprint density at radius 2 is 1.79 bits per heavy atom. The normalized spacial score (nSPS) is 10.8. The van der Waals surface area contributed by atoms with E-state index in [1.807, 2.05) is 11.3 Å². The molecule has 0 aliphatic heterocycles. The third kappa shape index (κ3) is 2.82. The van der Waals surface area contributed by atoms with Gasteiger partial charge in [-0.2, -0.15) is 0 Å². The number of hydrogen-bond acceptors (Lipinski definition) is 2. The third-order valence-electron chi connectivity index (χ3n) is 3.14. The molecular formula is C16H14BrNS. The van der Waals surface area contributed by atoms with Gasteiger partial charge in [0.2, 0.25) is 0 Å². The molecular weight excluding hydrogens is 318 g/mol. The smallest absolute Gasteiger partial charge is 0.0420 e. The second-order valence-electron chi connectivity index (χ2n) is 4.40. The number of fused-ring (bicyclic) bond motifs is 1. The summed E-state index contributed by atoms with van der Waals surface area (Å²) in [5.41, 5.74) is 1.20. The summed E-state index contributed by atoms with van der Waals surface area (Å²) >= 11 is 5.42. The lowest BCUT2D eigenvalue weighted by Crippen LogP contribution is -2.04. The van der Waals surface area contributed by atoms with Crippen LogP contribution in [0.3, 0.4) is 0 Å². The molecule has 3 heteroatoms. The van der Waals surface area contributed by atoms with Crippen molar-refractivity contribution < 1.29 is 0 Å². The van der Waals surface area contributed by atoms with Gasteiger partial charge in [-0.25, -0.2) is 0 Å². The molecule has 96 valence electrons. The molecule has 0 saturated carbocycles. The predicted octanol–water partition coefficient (Wildman–Crippen LogP) is 5.32. The van der Waals surface area contributed by atoms with E-state index in [9.17, 15) is 0 Å². The third-order valence-corrected chi connectivity index (χ3v) is 4.77. The molecule has 1 nitrogen and oxygen atoms in total. The Kier molecular flexibility index (Phi) is 3.85. The topological polar surface area (TPSA) is 12.0 Å². The molecule has 1 aromatic heterocycles. The molecule has 0 saturated heterocycles. The lowest BCUT2D eigenvalue weighted by atomic mass is 10.1. The molecule has 0 radical (unpaired) electrons. The average Bonchev–Trinajstić information content (AvgIpc) is 2.95. The van der Waals surface area contributed by atoms with Crippen LogP contribution in [-0.2, 0) is 6.42 Å². The fourth-order valence-electron chi connectivity index (χ4n) is 2.19. The van der Waals surface area contributed by atoms with Crippen LogP contribution in [0.1, 0.15) is 4.88 Å². The van der Waals surface area contributed by atoms with Crippen molar-refractivity contribution in [2.45, 2.75) is 6.42 Å². The number of halogens is 1. The molecule has 1 N–H and O–H groups in total. The first-order chi connectivity index (χ1) is 9.34. The summed E-state index contributed by atoms with van der Waals surface area (Å²) in [6.45, 7) is 0.964. The van der Waals surface area contributed by atoms with E-state index in [2.05, 4.69) is 75.2 Å². The highest BCUT2D eigenvalue weighted by atomic mass is 79.9. The van der Waals surface area contributed by atoms with Crippen LogP contribution in [-0.4, -0.2) is 6.54 Å². The first-order valence-electron chi connectivity index (χ1n) is 6.28. The van der Waals surface area contributed by atoms with Gasteiger partial charge in [0.05, 0.1) is 0 Å². The molecule has 0 bridgehead atoms. The summed E-state index contributed by atoms with van der Waals surface area (Å²) in [6.07, 6.45) is 1.07. The van der Waals surface area contributed by atoms with Gasteiger partial charge in [-0.3, -0.25) is 0 Å². The molecule has 0 aliphatic carbocycles. The molecule has 0 unspecified atom stereocenters. The van der Waals surface area contributed by atoms with Gasteiger partial charge in [-0.1, -0.05) is 46.3 Å². The number of hydrogen-bond donors (Lipinski definition) is 1. The predicted molar refractivity (Wildman–Crippen MR) is 88.2 cm³/mol. The van der Waals surface area contributed by atoms with Gasteiger partial charge in [0.15, 0.2) is 0 Å². The second-order valence-corrected chi connectivity index (χ2v) is 6.28. The summed E-state index contributed by atoms with van der Waals surface area (Å²) in [5, 5.41) is 8.19. The standard InChI is InChI=1S/C16H14BrNS/c17-15-7-8-16(14-6-2-1-5-13(14)15)18-10-9-12-4-3-11-19-12/h1-8,11,18H,9-10H2. The summed E-state index contributed by atoms with van der Waals surface area (Å²) < 4.78 is 1.15. The Morgan fingerprint density at radius 3 is 2.58 bits per heavy atom. The van der Waals surface area contributed by atoms with Crippen LogP contribution < -0.4 is 5.32 Å². The molecule has 0 amide bonds. The van der Waals surface area contributed by atoms with Crippen LogP contribution in [0.25, 0.3) is 10.8 Å². The van der Waals surface area contributed by atoms with Gasteiger partial charge in [0.25, 0.3) is 0 Å². The minimum atomic E-state index is 0.964. The molecule has 2 aromatic carbocycles. The number of thiophene rings is 1. The van der Waals surface area contributed by atoms with Crippen molar-refractivity contribution in [3.05, 3.63) is 63.3 Å². The molecule has 1 heterocycles. The number of nitrogens with one attached hydrogen (secondary N) is 1. The highest BCUT2D eigenvalue weighted by Gasteiger charge is 2.03. The van der Waals surface area contributed by atoms with Gasteiger partial charge in [0, 0.05) is 27.0 Å². The van der Waals surface area contributed by atoms with Gasteiger partial charge in [-0.15, -0.1) is 11.3 Å². The number of anilines is 1. The Morgan fingerprint density at radius 1 is 0.947 bits per heavy atom. The fraction of sp³-hybridized carbons (Fsp3) is 0.125. The summed E-state index contributed by atoms with van der Waals surface area (Å²) in [5.74, 6) is 0. The first kappa shape index (κ1) is 12.7. The van der Waals surface area contributed by atoms with Gasteiger partial charge in [-0.05, 0) is 35.4 Å². The van der Waals surface area contributed by atoms with E-state index < -0.39 is 0 Å². The zero-order valence-electron chi connectivity index (χ0n) is 10.4. The van der Waals surface area contributed by atoms with E-state index in [-0.39, 0.29) is 0 Å². The van der Waals surface area contributed by atoms with Crippen molar-refractivity contribution in [1.82, 2.24) is 0 Å². The zero-order chi connectivity index (χ0) is 13.1. The van der Waals surface area contributed by atoms with Crippen LogP contribution in [0.4, 0.5) is 5.69 Å². The molecule has 3 aromatic rings. The largest absolute Gasteiger partial charge is 0.384 e. The molecule has 3 rings (SSSR count). The SMILES string of the molecule is Brc1ccc(NCCc2cccs2)c2ccccc12. The quantitative estimate of drug-likeness (QED) is 0.682. The minimum absolute atomic E-state index is 0.964. The Bertz CT molecular complexity index is 676. The summed E-state index contributed by atoms with van der Waals surface area (Å²) in [4.78, 5) is 1.42. The van der Waals surface area contributed by atoms with Crippen molar-refractivity contribution in [1.29, 1.82) is 0 Å². The van der Waals surface area contributed by atoms with Crippen LogP contribution in [0.15, 0.2) is 58.4 Å². The summed E-state index contributed by atoms with van der Waals surface area (Å²) in [6, 6.07) is 17.0. The van der Waals surface area contributed by atoms with E-state index in [0.29, 0.717) is 0 Å². The molecule has 0 atom stereocenters. The Labute approximate surface area is 125 Å². The highest BCUT2D eigenvalue weighted by molar-refractivity contribution is 9.10. The van der Waals surface area contributed by atoms with E-state index in [0.717, 1.165) is 17.4 Å². The molecule has 0 fully saturated rings. The van der Waals surface area contributed by atoms with Crippen LogP contribution in [0.2, 0.25) is 0 Å². The monoisotopic (exact) mass is 331 g/mol. The van der Waals surface area contributed by atoms with E-state index >= 15 is 0 Å². The summed E-state index contributed by atoms with van der Waals surface area (Å²) in [7, 11) is 0. The average molecular weight is 332 g/mol. The maximum atomic E-state index is 3.60. The number of benzene rings is 2. The van der Waals surface area contributed by atoms with Crippen molar-refractivity contribution in [2.24, 2.45) is 0 Å². The van der Waals surface area contributed by atoms with Crippen molar-refractivity contribution >= 4 is 43.7 Å². The first-order valence-corrected chi connectivity index (χ1v) is 7.95. The van der Waals surface area contributed by atoms with Crippen LogP contribution in [0.5, 0.6) is 0 Å². The lowest BCUT2D eigenvalue weighted by molar-refractivity contribution is 1.05. The maximum absolute atomic E-state index is 3.60. The zero-order valence-corrected chi connectivity index (χ0v) is 12.8. The number of rotatable bonds is 4. The minimum Gasteiger partial charge on any atom is -0.384 e.